The van der Waals surface area contributed by atoms with Crippen LogP contribution in [0.3, 0.4) is 0 Å². The summed E-state index contributed by atoms with van der Waals surface area (Å²) in [5.74, 6) is 1.08. The molecule has 2 aromatic carbocycles. The van der Waals surface area contributed by atoms with Crippen molar-refractivity contribution in [2.75, 3.05) is 12.4 Å². The molecule has 5 nitrogen and oxygen atoms in total. The van der Waals surface area contributed by atoms with Gasteiger partial charge in [-0.3, -0.25) is 4.79 Å². The summed E-state index contributed by atoms with van der Waals surface area (Å²) in [6, 6.07) is 13.0. The molecule has 23 heavy (non-hydrogen) atoms. The lowest BCUT2D eigenvalue weighted by Crippen LogP contribution is -2.17. The minimum atomic E-state index is -0.0791. The van der Waals surface area contributed by atoms with E-state index in [1.165, 1.54) is 0 Å². The standard InChI is InChI=1S/C18H18N2O3/c1-11(2)17(21)19-12-8-9-14-16(10-12)23-18(20-14)13-6-4-5-7-15(13)22-3/h4-11H,1-3H3,(H,19,21). The van der Waals surface area contributed by atoms with Gasteiger partial charge in [-0.05, 0) is 24.3 Å². The summed E-state index contributed by atoms with van der Waals surface area (Å²) in [5, 5.41) is 2.85. The van der Waals surface area contributed by atoms with E-state index in [2.05, 4.69) is 10.3 Å². The monoisotopic (exact) mass is 310 g/mol. The molecule has 0 radical (unpaired) electrons. The number of methoxy groups -OCH3 is 1. The first kappa shape index (κ1) is 15.1. The first-order chi connectivity index (χ1) is 11.1. The Morgan fingerprint density at radius 3 is 2.74 bits per heavy atom. The van der Waals surface area contributed by atoms with Gasteiger partial charge in [0.15, 0.2) is 5.58 Å². The predicted molar refractivity (Wildman–Crippen MR) is 89.5 cm³/mol. The van der Waals surface area contributed by atoms with Gasteiger partial charge in [0.2, 0.25) is 11.8 Å². The fraction of sp³-hybridized carbons (Fsp3) is 0.222. The van der Waals surface area contributed by atoms with Crippen molar-refractivity contribution < 1.29 is 13.9 Å². The van der Waals surface area contributed by atoms with Crippen LogP contribution in [-0.4, -0.2) is 18.0 Å². The normalized spacial score (nSPS) is 11.0. The van der Waals surface area contributed by atoms with Crippen molar-refractivity contribution in [3.05, 3.63) is 42.5 Å². The van der Waals surface area contributed by atoms with Gasteiger partial charge in [-0.1, -0.05) is 26.0 Å². The Balaban J connectivity index is 1.98. The SMILES string of the molecule is COc1ccccc1-c1nc2ccc(NC(=O)C(C)C)cc2o1. The maximum absolute atomic E-state index is 11.8. The summed E-state index contributed by atoms with van der Waals surface area (Å²) in [6.45, 7) is 3.70. The number of benzene rings is 2. The van der Waals surface area contributed by atoms with Gasteiger partial charge in [0.05, 0.1) is 12.7 Å². The van der Waals surface area contributed by atoms with E-state index < -0.39 is 0 Å². The molecule has 3 aromatic rings. The fourth-order valence-electron chi connectivity index (χ4n) is 2.23. The van der Waals surface area contributed by atoms with Crippen molar-refractivity contribution in [2.24, 2.45) is 5.92 Å². The minimum Gasteiger partial charge on any atom is -0.496 e. The molecule has 0 aliphatic carbocycles. The van der Waals surface area contributed by atoms with Gasteiger partial charge in [-0.15, -0.1) is 0 Å². The highest BCUT2D eigenvalue weighted by atomic mass is 16.5. The Kier molecular flexibility index (Phi) is 4.02. The largest absolute Gasteiger partial charge is 0.496 e. The van der Waals surface area contributed by atoms with Crippen LogP contribution in [0.25, 0.3) is 22.6 Å². The molecule has 1 amide bonds. The summed E-state index contributed by atoms with van der Waals surface area (Å²) < 4.78 is 11.2. The van der Waals surface area contributed by atoms with Crippen molar-refractivity contribution in [3.63, 3.8) is 0 Å². The highest BCUT2D eigenvalue weighted by Gasteiger charge is 2.14. The quantitative estimate of drug-likeness (QED) is 0.788. The molecule has 118 valence electrons. The zero-order valence-electron chi connectivity index (χ0n) is 13.3. The van der Waals surface area contributed by atoms with Crippen LogP contribution in [0.15, 0.2) is 46.9 Å². The maximum Gasteiger partial charge on any atom is 0.231 e. The van der Waals surface area contributed by atoms with Gasteiger partial charge in [-0.2, -0.15) is 0 Å². The summed E-state index contributed by atoms with van der Waals surface area (Å²) in [6.07, 6.45) is 0. The Labute approximate surface area is 134 Å². The van der Waals surface area contributed by atoms with E-state index in [0.717, 1.165) is 11.1 Å². The number of amides is 1. The topological polar surface area (TPSA) is 64.4 Å². The Morgan fingerprint density at radius 1 is 1.22 bits per heavy atom. The number of hydrogen-bond donors (Lipinski definition) is 1. The molecule has 0 saturated carbocycles. The van der Waals surface area contributed by atoms with Crippen molar-refractivity contribution in [3.8, 4) is 17.2 Å². The molecule has 5 heteroatoms. The molecule has 0 aliphatic heterocycles. The second-order valence-electron chi connectivity index (χ2n) is 5.55. The third-order valence-corrected chi connectivity index (χ3v) is 3.52. The third-order valence-electron chi connectivity index (χ3n) is 3.52. The van der Waals surface area contributed by atoms with Gasteiger partial charge >= 0.3 is 0 Å². The van der Waals surface area contributed by atoms with Crippen molar-refractivity contribution in [1.82, 2.24) is 4.98 Å². The number of nitrogens with one attached hydrogen (secondary N) is 1. The smallest absolute Gasteiger partial charge is 0.231 e. The van der Waals surface area contributed by atoms with Crippen LogP contribution >= 0.6 is 0 Å². The van der Waals surface area contributed by atoms with Crippen LogP contribution in [0.2, 0.25) is 0 Å². The number of ether oxygens (including phenoxy) is 1. The predicted octanol–water partition coefficient (Wildman–Crippen LogP) is 4.10. The number of rotatable bonds is 4. The van der Waals surface area contributed by atoms with Crippen LogP contribution in [-0.2, 0) is 4.79 Å². The van der Waals surface area contributed by atoms with E-state index in [1.54, 1.807) is 13.2 Å². The summed E-state index contributed by atoms with van der Waals surface area (Å²) in [4.78, 5) is 16.3. The molecule has 0 atom stereocenters. The van der Waals surface area contributed by atoms with Gasteiger partial charge in [0.25, 0.3) is 0 Å². The van der Waals surface area contributed by atoms with Crippen molar-refractivity contribution >= 4 is 22.7 Å². The zero-order valence-corrected chi connectivity index (χ0v) is 13.3. The van der Waals surface area contributed by atoms with Gasteiger partial charge in [0, 0.05) is 17.7 Å². The molecular formula is C18H18N2O3. The van der Waals surface area contributed by atoms with Crippen LogP contribution < -0.4 is 10.1 Å². The van der Waals surface area contributed by atoms with Crippen LogP contribution in [0.4, 0.5) is 5.69 Å². The summed E-state index contributed by atoms with van der Waals surface area (Å²) in [7, 11) is 1.61. The van der Waals surface area contributed by atoms with E-state index in [4.69, 9.17) is 9.15 Å². The van der Waals surface area contributed by atoms with E-state index in [1.807, 2.05) is 50.2 Å². The van der Waals surface area contributed by atoms with Crippen LogP contribution in [0, 0.1) is 5.92 Å². The number of carbonyl (C=O) groups excluding carboxylic acids is 1. The molecule has 0 spiro atoms. The highest BCUT2D eigenvalue weighted by molar-refractivity contribution is 5.94. The summed E-state index contributed by atoms with van der Waals surface area (Å²) in [5.41, 5.74) is 2.83. The molecular weight excluding hydrogens is 292 g/mol. The molecule has 3 rings (SSSR count). The molecule has 1 N–H and O–H groups in total. The molecule has 0 unspecified atom stereocenters. The second-order valence-corrected chi connectivity index (χ2v) is 5.55. The van der Waals surface area contributed by atoms with E-state index in [0.29, 0.717) is 22.9 Å². The van der Waals surface area contributed by atoms with Gasteiger partial charge in [0.1, 0.15) is 11.3 Å². The molecule has 1 aromatic heterocycles. The number of nitrogens with zero attached hydrogens (tertiary/aromatic N) is 1. The first-order valence-electron chi connectivity index (χ1n) is 7.43. The third kappa shape index (κ3) is 3.04. The van der Waals surface area contributed by atoms with Crippen molar-refractivity contribution in [1.29, 1.82) is 0 Å². The van der Waals surface area contributed by atoms with E-state index in [9.17, 15) is 4.79 Å². The second kappa shape index (κ2) is 6.12. The Bertz CT molecular complexity index is 852. The van der Waals surface area contributed by atoms with E-state index >= 15 is 0 Å². The number of hydrogen-bond acceptors (Lipinski definition) is 4. The van der Waals surface area contributed by atoms with Gasteiger partial charge < -0.3 is 14.5 Å². The lowest BCUT2D eigenvalue weighted by molar-refractivity contribution is -0.118. The first-order valence-corrected chi connectivity index (χ1v) is 7.43. The average molecular weight is 310 g/mol. The number of carbonyl (C=O) groups is 1. The average Bonchev–Trinajstić information content (AvgIpc) is 2.97. The lowest BCUT2D eigenvalue weighted by Gasteiger charge is -2.06. The zero-order chi connectivity index (χ0) is 16.4. The van der Waals surface area contributed by atoms with Crippen molar-refractivity contribution in [2.45, 2.75) is 13.8 Å². The maximum atomic E-state index is 11.8. The Hall–Kier alpha value is -2.82. The van der Waals surface area contributed by atoms with Gasteiger partial charge in [-0.25, -0.2) is 4.98 Å². The molecule has 0 saturated heterocycles. The number of anilines is 1. The number of oxazole rings is 1. The number of aromatic nitrogens is 1. The number of para-hydroxylation sites is 1. The molecule has 0 fully saturated rings. The Morgan fingerprint density at radius 2 is 2.00 bits per heavy atom. The fourth-order valence-corrected chi connectivity index (χ4v) is 2.23. The van der Waals surface area contributed by atoms with Crippen LogP contribution in [0.5, 0.6) is 5.75 Å². The number of fused-ring (bicyclic) bond motifs is 1. The van der Waals surface area contributed by atoms with E-state index in [-0.39, 0.29) is 11.8 Å². The molecule has 0 aliphatic rings. The summed E-state index contributed by atoms with van der Waals surface area (Å²) >= 11 is 0. The van der Waals surface area contributed by atoms with Crippen LogP contribution in [0.1, 0.15) is 13.8 Å². The molecule has 1 heterocycles. The minimum absolute atomic E-state index is 0.0335. The highest BCUT2D eigenvalue weighted by Crippen LogP contribution is 2.32. The lowest BCUT2D eigenvalue weighted by atomic mass is 10.2. The molecule has 0 bridgehead atoms.